The highest BCUT2D eigenvalue weighted by atomic mass is 16.5. The Morgan fingerprint density at radius 2 is 1.15 bits per heavy atom. The third kappa shape index (κ3) is 9.00. The van der Waals surface area contributed by atoms with E-state index in [-0.39, 0.29) is 60.0 Å². The van der Waals surface area contributed by atoms with Crippen molar-refractivity contribution in [2.45, 2.75) is 121 Å². The minimum atomic E-state index is -0.637. The van der Waals surface area contributed by atoms with E-state index in [2.05, 4.69) is 37.6 Å². The van der Waals surface area contributed by atoms with Gasteiger partial charge in [0, 0.05) is 87.0 Å². The SMILES string of the molecule is CC(C)[C@H](NC(=O)N1CCOCC1)C(=O)N1CCCC1c1ncc(-c2ccc(N3CCC(c4cnc([C@@H]5CCCN5C(=O)[C@@H](NC(=O)N5CCOCC5)C(C)C)[nH]4)CC3)c3c2C2CCC3O2)[nH]1. The lowest BCUT2D eigenvalue weighted by Gasteiger charge is -2.35. The van der Waals surface area contributed by atoms with E-state index in [0.717, 1.165) is 93.1 Å². The molecule has 3 aromatic rings. The fraction of sp³-hybridized carbons (Fsp3) is 0.673. The Morgan fingerprint density at radius 3 is 1.70 bits per heavy atom. The Labute approximate surface area is 393 Å². The van der Waals surface area contributed by atoms with Crippen molar-refractivity contribution < 1.29 is 33.4 Å². The van der Waals surface area contributed by atoms with Gasteiger partial charge in [-0.05, 0) is 74.8 Å². The average molecular weight is 924 g/mol. The highest BCUT2D eigenvalue weighted by molar-refractivity contribution is 5.89. The maximum atomic E-state index is 14.2. The summed E-state index contributed by atoms with van der Waals surface area (Å²) in [6, 6.07) is 2.46. The number of nitrogens with zero attached hydrogens (tertiary/aromatic N) is 7. The van der Waals surface area contributed by atoms with Gasteiger partial charge in [0.25, 0.3) is 0 Å². The zero-order valence-corrected chi connectivity index (χ0v) is 39.6. The van der Waals surface area contributed by atoms with E-state index in [1.807, 2.05) is 49.9 Å². The smallest absolute Gasteiger partial charge is 0.318 e. The molecule has 0 radical (unpaired) electrons. The zero-order chi connectivity index (χ0) is 46.3. The Hall–Kier alpha value is -5.20. The molecule has 4 N–H and O–H groups in total. The van der Waals surface area contributed by atoms with Crippen molar-refractivity contribution in [3.63, 3.8) is 0 Å². The fourth-order valence-corrected chi connectivity index (χ4v) is 11.7. The number of anilines is 1. The number of nitrogens with one attached hydrogen (secondary N) is 4. The Balaban J connectivity index is 0.797. The lowest BCUT2D eigenvalue weighted by molar-refractivity contribution is -0.136. The van der Waals surface area contributed by atoms with Gasteiger partial charge in [-0.3, -0.25) is 9.59 Å². The summed E-state index contributed by atoms with van der Waals surface area (Å²) in [6.07, 6.45) is 11.3. The van der Waals surface area contributed by atoms with E-state index in [0.29, 0.717) is 71.6 Å². The van der Waals surface area contributed by atoms with Crippen LogP contribution in [0.1, 0.15) is 138 Å². The zero-order valence-electron chi connectivity index (χ0n) is 39.6. The summed E-state index contributed by atoms with van der Waals surface area (Å²) in [6.45, 7) is 15.1. The molecule has 0 aliphatic carbocycles. The predicted octanol–water partition coefficient (Wildman–Crippen LogP) is 5.55. The monoisotopic (exact) mass is 924 g/mol. The summed E-state index contributed by atoms with van der Waals surface area (Å²) in [5.74, 6) is 1.66. The Bertz CT molecular complexity index is 2280. The van der Waals surface area contributed by atoms with Crippen molar-refractivity contribution >= 4 is 29.6 Å². The second-order valence-corrected chi connectivity index (χ2v) is 20.2. The molecule has 18 heteroatoms. The summed E-state index contributed by atoms with van der Waals surface area (Å²) in [7, 11) is 0. The number of ether oxygens (including phenoxy) is 3. The molecule has 9 heterocycles. The molecule has 6 fully saturated rings. The summed E-state index contributed by atoms with van der Waals surface area (Å²) >= 11 is 0. The van der Waals surface area contributed by atoms with Crippen LogP contribution in [0.5, 0.6) is 0 Å². The van der Waals surface area contributed by atoms with Crippen LogP contribution in [0.3, 0.4) is 0 Å². The second-order valence-electron chi connectivity index (χ2n) is 20.2. The summed E-state index contributed by atoms with van der Waals surface area (Å²) in [5, 5.41) is 6.09. The van der Waals surface area contributed by atoms with Gasteiger partial charge < -0.3 is 59.3 Å². The number of rotatable bonds is 11. The number of hydrogen-bond donors (Lipinski definition) is 4. The van der Waals surface area contributed by atoms with Gasteiger partial charge in [0.05, 0.1) is 62.6 Å². The number of amides is 6. The highest BCUT2D eigenvalue weighted by Gasteiger charge is 2.44. The fourth-order valence-electron chi connectivity index (χ4n) is 11.7. The third-order valence-electron chi connectivity index (χ3n) is 15.4. The van der Waals surface area contributed by atoms with Crippen molar-refractivity contribution in [1.82, 2.24) is 50.2 Å². The van der Waals surface area contributed by atoms with Crippen LogP contribution in [-0.4, -0.2) is 154 Å². The van der Waals surface area contributed by atoms with Crippen molar-refractivity contribution in [1.29, 1.82) is 0 Å². The maximum absolute atomic E-state index is 14.2. The number of carbonyl (C=O) groups is 4. The number of hydrogen-bond acceptors (Lipinski definition) is 10. The van der Waals surface area contributed by atoms with Gasteiger partial charge in [-0.1, -0.05) is 33.8 Å². The van der Waals surface area contributed by atoms with E-state index in [1.54, 1.807) is 9.80 Å². The topological polar surface area (TPSA) is 194 Å². The van der Waals surface area contributed by atoms with Crippen molar-refractivity contribution in [2.24, 2.45) is 11.8 Å². The predicted molar refractivity (Wildman–Crippen MR) is 249 cm³/mol. The first-order chi connectivity index (χ1) is 32.5. The molecule has 1 aromatic carbocycles. The molecule has 0 spiro atoms. The van der Waals surface area contributed by atoms with Crippen LogP contribution in [0.2, 0.25) is 0 Å². The number of piperidine rings is 1. The number of benzene rings is 1. The number of aromatic nitrogens is 4. The Morgan fingerprint density at radius 1 is 0.627 bits per heavy atom. The van der Waals surface area contributed by atoms with Crippen LogP contribution in [0.15, 0.2) is 24.5 Å². The number of urea groups is 2. The van der Waals surface area contributed by atoms with Crippen molar-refractivity contribution in [3.8, 4) is 11.3 Å². The lowest BCUT2D eigenvalue weighted by Crippen LogP contribution is -2.55. The van der Waals surface area contributed by atoms with E-state index < -0.39 is 12.1 Å². The first kappa shape index (κ1) is 45.6. The van der Waals surface area contributed by atoms with E-state index in [1.165, 1.54) is 16.8 Å². The van der Waals surface area contributed by atoms with Gasteiger partial charge in [0.1, 0.15) is 23.7 Å². The first-order valence-electron chi connectivity index (χ1n) is 25.1. The molecule has 3 unspecified atom stereocenters. The van der Waals surface area contributed by atoms with Gasteiger partial charge in [-0.2, -0.15) is 0 Å². The molecule has 18 nitrogen and oxygen atoms in total. The number of morpholine rings is 2. The average Bonchev–Trinajstić information content (AvgIpc) is 4.22. The lowest BCUT2D eigenvalue weighted by atomic mass is 9.85. The van der Waals surface area contributed by atoms with Crippen LogP contribution in [-0.2, 0) is 23.8 Å². The molecule has 2 aromatic heterocycles. The summed E-state index contributed by atoms with van der Waals surface area (Å²) < 4.78 is 17.5. The minimum absolute atomic E-state index is 0.0352. The first-order valence-corrected chi connectivity index (χ1v) is 25.1. The highest BCUT2D eigenvalue weighted by Crippen LogP contribution is 2.57. The standard InChI is InChI=1S/C49H69N11O7/c1-29(2)42(54-48(63)57-19-23-65-24-20-57)46(61)59-15-5-7-36(59)44-50-27-33(52-44)31-13-17-56(18-14-31)35-10-9-32(40-38-11-12-39(67-38)41(35)40)34-28-51-45(53-34)37-8-6-16-60(37)47(62)43(30(3)4)55-49(64)58-21-25-66-26-22-58/h9-10,27-31,36-39,42-43H,5-8,11-26H2,1-4H3,(H,50,52)(H,51,53)(H,54,63)(H,55,64)/t36-,37?,38?,39?,42-,43-/m0/s1. The molecule has 10 rings (SSSR count). The van der Waals surface area contributed by atoms with E-state index in [9.17, 15) is 19.2 Å². The van der Waals surface area contributed by atoms with E-state index >= 15 is 0 Å². The molecule has 6 saturated heterocycles. The molecule has 2 bridgehead atoms. The number of likely N-dealkylation sites (tertiary alicyclic amines) is 2. The molecular weight excluding hydrogens is 855 g/mol. The maximum Gasteiger partial charge on any atom is 0.318 e. The van der Waals surface area contributed by atoms with Gasteiger partial charge in [-0.15, -0.1) is 0 Å². The molecule has 6 atom stereocenters. The van der Waals surface area contributed by atoms with Crippen LogP contribution in [0.4, 0.5) is 15.3 Å². The normalized spacial score (nSPS) is 25.3. The molecule has 0 saturated carbocycles. The number of carbonyl (C=O) groups excluding carboxylic acids is 4. The van der Waals surface area contributed by atoms with Crippen molar-refractivity contribution in [2.75, 3.05) is 83.7 Å². The van der Waals surface area contributed by atoms with Gasteiger partial charge >= 0.3 is 12.1 Å². The molecule has 7 aliphatic heterocycles. The third-order valence-corrected chi connectivity index (χ3v) is 15.4. The number of imidazole rings is 2. The van der Waals surface area contributed by atoms with E-state index in [4.69, 9.17) is 24.2 Å². The molecular formula is C49H69N11O7. The van der Waals surface area contributed by atoms with Crippen LogP contribution >= 0.6 is 0 Å². The molecule has 6 amide bonds. The van der Waals surface area contributed by atoms with Crippen LogP contribution in [0, 0.1) is 11.8 Å². The van der Waals surface area contributed by atoms with Gasteiger partial charge in [0.15, 0.2) is 0 Å². The van der Waals surface area contributed by atoms with Gasteiger partial charge in [0.2, 0.25) is 11.8 Å². The second kappa shape index (κ2) is 19.4. The Kier molecular flexibility index (Phi) is 13.2. The largest absolute Gasteiger partial charge is 0.378 e. The summed E-state index contributed by atoms with van der Waals surface area (Å²) in [4.78, 5) is 81.4. The van der Waals surface area contributed by atoms with Crippen molar-refractivity contribution in [3.05, 3.63) is 53.0 Å². The quantitative estimate of drug-likeness (QED) is 0.190. The molecule has 67 heavy (non-hydrogen) atoms. The molecule has 7 aliphatic rings. The summed E-state index contributed by atoms with van der Waals surface area (Å²) in [5.41, 5.74) is 6.96. The van der Waals surface area contributed by atoms with Crippen LogP contribution in [0.25, 0.3) is 11.3 Å². The number of fused-ring (bicyclic) bond motifs is 5. The number of H-pyrrole nitrogens is 2. The number of aromatic amines is 2. The minimum Gasteiger partial charge on any atom is -0.378 e. The van der Waals surface area contributed by atoms with Gasteiger partial charge in [-0.25, -0.2) is 19.6 Å². The molecule has 362 valence electrons. The van der Waals surface area contributed by atoms with Crippen LogP contribution < -0.4 is 15.5 Å².